The van der Waals surface area contributed by atoms with Gasteiger partial charge in [-0.3, -0.25) is 9.59 Å². The average molecular weight is 340 g/mol. The fourth-order valence-electron chi connectivity index (χ4n) is 2.69. The van der Waals surface area contributed by atoms with Crippen LogP contribution in [0.4, 0.5) is 0 Å². The average Bonchev–Trinajstić information content (AvgIpc) is 2.99. The van der Waals surface area contributed by atoms with Crippen LogP contribution < -0.4 is 10.6 Å². The van der Waals surface area contributed by atoms with Crippen LogP contribution in [0.15, 0.2) is 24.3 Å². The normalized spacial score (nSPS) is 16.5. The van der Waals surface area contributed by atoms with Gasteiger partial charge in [-0.25, -0.2) is 0 Å². The van der Waals surface area contributed by atoms with Crippen molar-refractivity contribution in [3.05, 3.63) is 35.4 Å². The first-order valence-corrected chi connectivity index (χ1v) is 7.87. The maximum atomic E-state index is 11.9. The number of carbonyl (C=O) groups excluding carboxylic acids is 2. The van der Waals surface area contributed by atoms with Gasteiger partial charge >= 0.3 is 0 Å². The third-order valence-electron chi connectivity index (χ3n) is 3.91. The molecule has 6 heteroatoms. The molecule has 2 rings (SSSR count). The molecule has 1 saturated heterocycles. The molecule has 1 fully saturated rings. The summed E-state index contributed by atoms with van der Waals surface area (Å²) in [5, 5.41) is 6.28. The molecule has 0 aliphatic carbocycles. The van der Waals surface area contributed by atoms with Crippen molar-refractivity contribution >= 4 is 24.2 Å². The molecule has 1 aromatic carbocycles. The largest absolute Gasteiger partial charge is 0.356 e. The Balaban J connectivity index is 0.00000264. The highest BCUT2D eigenvalue weighted by Gasteiger charge is 2.17. The lowest BCUT2D eigenvalue weighted by molar-refractivity contribution is -0.121. The Morgan fingerprint density at radius 3 is 2.78 bits per heavy atom. The summed E-state index contributed by atoms with van der Waals surface area (Å²) in [4.78, 5) is 25.3. The smallest absolute Gasteiger partial charge is 0.253 e. The Hall–Kier alpha value is -1.59. The van der Waals surface area contributed by atoms with Crippen molar-refractivity contribution in [2.24, 2.45) is 0 Å². The molecule has 0 radical (unpaired) electrons. The predicted molar refractivity (Wildman–Crippen MR) is 94.1 cm³/mol. The molecule has 128 valence electrons. The topological polar surface area (TPSA) is 61.4 Å². The van der Waals surface area contributed by atoms with Crippen LogP contribution in [0.2, 0.25) is 0 Å². The predicted octanol–water partition coefficient (Wildman–Crippen LogP) is 1.61. The van der Waals surface area contributed by atoms with Gasteiger partial charge < -0.3 is 15.5 Å². The van der Waals surface area contributed by atoms with E-state index in [0.717, 1.165) is 31.4 Å². The van der Waals surface area contributed by atoms with E-state index in [2.05, 4.69) is 10.6 Å². The lowest BCUT2D eigenvalue weighted by Gasteiger charge is -2.12. The van der Waals surface area contributed by atoms with E-state index >= 15 is 0 Å². The van der Waals surface area contributed by atoms with E-state index in [4.69, 9.17) is 0 Å². The summed E-state index contributed by atoms with van der Waals surface area (Å²) in [6, 6.07) is 7.91. The Bertz CT molecular complexity index is 528. The summed E-state index contributed by atoms with van der Waals surface area (Å²) < 4.78 is 0. The summed E-state index contributed by atoms with van der Waals surface area (Å²) in [7, 11) is 3.48. The third-order valence-corrected chi connectivity index (χ3v) is 3.91. The number of nitrogens with one attached hydrogen (secondary N) is 2. The van der Waals surface area contributed by atoms with Gasteiger partial charge in [0.05, 0.1) is 0 Å². The molecule has 1 atom stereocenters. The Labute approximate surface area is 144 Å². The molecule has 2 amide bonds. The van der Waals surface area contributed by atoms with E-state index in [-0.39, 0.29) is 24.2 Å². The number of benzene rings is 1. The van der Waals surface area contributed by atoms with Crippen molar-refractivity contribution in [2.75, 3.05) is 27.2 Å². The van der Waals surface area contributed by atoms with Gasteiger partial charge in [-0.2, -0.15) is 0 Å². The fourth-order valence-corrected chi connectivity index (χ4v) is 2.69. The molecule has 1 unspecified atom stereocenters. The lowest BCUT2D eigenvalue weighted by Crippen LogP contribution is -2.32. The van der Waals surface area contributed by atoms with E-state index in [0.29, 0.717) is 24.6 Å². The zero-order valence-corrected chi connectivity index (χ0v) is 14.6. The molecular weight excluding hydrogens is 314 g/mol. The van der Waals surface area contributed by atoms with Crippen LogP contribution in [0, 0.1) is 0 Å². The van der Waals surface area contributed by atoms with Crippen molar-refractivity contribution in [3.63, 3.8) is 0 Å². The van der Waals surface area contributed by atoms with Crippen LogP contribution in [0.5, 0.6) is 0 Å². The molecule has 0 aromatic heterocycles. The van der Waals surface area contributed by atoms with Gasteiger partial charge in [0, 0.05) is 38.7 Å². The van der Waals surface area contributed by atoms with Gasteiger partial charge in [0.1, 0.15) is 0 Å². The van der Waals surface area contributed by atoms with Crippen LogP contribution in [0.3, 0.4) is 0 Å². The maximum absolute atomic E-state index is 11.9. The number of nitrogens with zero attached hydrogens (tertiary/aromatic N) is 1. The SMILES string of the molecule is CN(C)C(=O)c1cccc(CCNC(=O)CC2CCCN2)c1.Cl. The first-order valence-electron chi connectivity index (χ1n) is 7.87. The van der Waals surface area contributed by atoms with E-state index in [9.17, 15) is 9.59 Å². The number of hydrogen-bond acceptors (Lipinski definition) is 3. The first-order chi connectivity index (χ1) is 10.6. The van der Waals surface area contributed by atoms with Crippen LogP contribution in [0.25, 0.3) is 0 Å². The van der Waals surface area contributed by atoms with Gasteiger partial charge in [-0.05, 0) is 43.5 Å². The van der Waals surface area contributed by atoms with Crippen molar-refractivity contribution < 1.29 is 9.59 Å². The summed E-state index contributed by atoms with van der Waals surface area (Å²) in [5.41, 5.74) is 1.75. The van der Waals surface area contributed by atoms with Crippen molar-refractivity contribution in [1.29, 1.82) is 0 Å². The number of carbonyl (C=O) groups is 2. The molecule has 0 spiro atoms. The Morgan fingerprint density at radius 2 is 2.13 bits per heavy atom. The zero-order chi connectivity index (χ0) is 15.9. The minimum atomic E-state index is -0.00167. The van der Waals surface area contributed by atoms with Crippen molar-refractivity contribution in [3.8, 4) is 0 Å². The summed E-state index contributed by atoms with van der Waals surface area (Å²) in [6.45, 7) is 1.62. The van der Waals surface area contributed by atoms with E-state index in [1.54, 1.807) is 19.0 Å². The Morgan fingerprint density at radius 1 is 1.35 bits per heavy atom. The van der Waals surface area contributed by atoms with Crippen molar-refractivity contribution in [1.82, 2.24) is 15.5 Å². The standard InChI is InChI=1S/C17H25N3O2.ClH/c1-20(2)17(22)14-6-3-5-13(11-14)8-10-19-16(21)12-15-7-4-9-18-15;/h3,5-6,11,15,18H,4,7-10,12H2,1-2H3,(H,19,21);1H. The molecule has 1 aliphatic rings. The van der Waals surface area contributed by atoms with Gasteiger partial charge in [-0.15, -0.1) is 12.4 Å². The lowest BCUT2D eigenvalue weighted by atomic mass is 10.1. The van der Waals surface area contributed by atoms with Crippen LogP contribution in [-0.2, 0) is 11.2 Å². The minimum Gasteiger partial charge on any atom is -0.356 e. The van der Waals surface area contributed by atoms with E-state index in [1.807, 2.05) is 24.3 Å². The third kappa shape index (κ3) is 6.20. The van der Waals surface area contributed by atoms with Crippen LogP contribution in [-0.4, -0.2) is 49.9 Å². The molecule has 1 aromatic rings. The highest BCUT2D eigenvalue weighted by atomic mass is 35.5. The molecule has 0 saturated carbocycles. The number of halogens is 1. The first kappa shape index (κ1) is 19.5. The Kier molecular flexibility index (Phi) is 8.06. The second-order valence-corrected chi connectivity index (χ2v) is 6.00. The minimum absolute atomic E-state index is 0. The molecule has 23 heavy (non-hydrogen) atoms. The monoisotopic (exact) mass is 339 g/mol. The molecule has 1 aliphatic heterocycles. The molecular formula is C17H26ClN3O2. The number of amides is 2. The molecule has 1 heterocycles. The second-order valence-electron chi connectivity index (χ2n) is 6.00. The number of rotatable bonds is 6. The molecule has 2 N–H and O–H groups in total. The summed E-state index contributed by atoms with van der Waals surface area (Å²) >= 11 is 0. The van der Waals surface area contributed by atoms with Crippen LogP contribution >= 0.6 is 12.4 Å². The second kappa shape index (κ2) is 9.53. The quantitative estimate of drug-likeness (QED) is 0.827. The maximum Gasteiger partial charge on any atom is 0.253 e. The summed E-state index contributed by atoms with van der Waals surface area (Å²) in [6.07, 6.45) is 3.53. The van der Waals surface area contributed by atoms with Crippen molar-refractivity contribution in [2.45, 2.75) is 31.7 Å². The highest BCUT2D eigenvalue weighted by molar-refractivity contribution is 5.94. The molecule has 5 nitrogen and oxygen atoms in total. The van der Waals surface area contributed by atoms with Gasteiger partial charge in [0.15, 0.2) is 0 Å². The van der Waals surface area contributed by atoms with E-state index in [1.165, 1.54) is 0 Å². The van der Waals surface area contributed by atoms with Crippen LogP contribution in [0.1, 0.15) is 35.2 Å². The molecule has 0 bridgehead atoms. The van der Waals surface area contributed by atoms with Gasteiger partial charge in [0.2, 0.25) is 5.91 Å². The number of hydrogen-bond donors (Lipinski definition) is 2. The zero-order valence-electron chi connectivity index (χ0n) is 13.8. The fraction of sp³-hybridized carbons (Fsp3) is 0.529. The van der Waals surface area contributed by atoms with Gasteiger partial charge in [0.25, 0.3) is 5.91 Å². The highest BCUT2D eigenvalue weighted by Crippen LogP contribution is 2.09. The summed E-state index contributed by atoms with van der Waals surface area (Å²) in [5.74, 6) is 0.0955. The van der Waals surface area contributed by atoms with E-state index < -0.39 is 0 Å². The van der Waals surface area contributed by atoms with Gasteiger partial charge in [-0.1, -0.05) is 12.1 Å².